The molecule has 1 saturated heterocycles. The lowest BCUT2D eigenvalue weighted by Gasteiger charge is -2.31. The molecular weight excluding hydrogens is 288 g/mol. The van der Waals surface area contributed by atoms with Crippen molar-refractivity contribution in [1.29, 1.82) is 0 Å². The van der Waals surface area contributed by atoms with Gasteiger partial charge in [0.05, 0.1) is 12.6 Å². The lowest BCUT2D eigenvalue weighted by atomic mass is 10.1. The highest BCUT2D eigenvalue weighted by Crippen LogP contribution is 2.16. The molecule has 0 aliphatic carbocycles. The first-order valence-corrected chi connectivity index (χ1v) is 7.76. The Labute approximate surface area is 126 Å². The molecule has 2 aromatic rings. The number of hydrogen-bond donors (Lipinski definition) is 1. The first-order chi connectivity index (χ1) is 10.3. The highest BCUT2D eigenvalue weighted by molar-refractivity contribution is 7.08. The topological polar surface area (TPSA) is 60.5 Å². The number of nitrogens with one attached hydrogen (secondary N) is 1. The van der Waals surface area contributed by atoms with Crippen LogP contribution in [0.3, 0.4) is 0 Å². The van der Waals surface area contributed by atoms with Crippen LogP contribution in [0.5, 0.6) is 5.88 Å². The summed E-state index contributed by atoms with van der Waals surface area (Å²) in [4.78, 5) is 16.3. The van der Waals surface area contributed by atoms with Crippen molar-refractivity contribution >= 4 is 17.2 Å². The van der Waals surface area contributed by atoms with Gasteiger partial charge in [-0.05, 0) is 23.9 Å². The third-order valence-corrected chi connectivity index (χ3v) is 4.00. The van der Waals surface area contributed by atoms with Gasteiger partial charge >= 0.3 is 0 Å². The molecular formula is C15H16N2O3S. The maximum atomic E-state index is 12.2. The molecule has 1 aliphatic rings. The van der Waals surface area contributed by atoms with Crippen molar-refractivity contribution < 1.29 is 14.3 Å². The van der Waals surface area contributed by atoms with Gasteiger partial charge in [-0.2, -0.15) is 11.3 Å². The van der Waals surface area contributed by atoms with E-state index < -0.39 is 0 Å². The summed E-state index contributed by atoms with van der Waals surface area (Å²) in [5, 5.41) is 6.75. The van der Waals surface area contributed by atoms with E-state index in [1.807, 2.05) is 29.0 Å². The van der Waals surface area contributed by atoms with E-state index in [0.29, 0.717) is 24.7 Å². The molecule has 1 fully saturated rings. The van der Waals surface area contributed by atoms with Crippen molar-refractivity contribution in [3.05, 3.63) is 46.8 Å². The summed E-state index contributed by atoms with van der Waals surface area (Å²) in [5.74, 6) is 0.473. The monoisotopic (exact) mass is 304 g/mol. The Morgan fingerprint density at radius 2 is 2.38 bits per heavy atom. The Bertz CT molecular complexity index is 574. The summed E-state index contributed by atoms with van der Waals surface area (Å²) < 4.78 is 11.3. The highest BCUT2D eigenvalue weighted by Gasteiger charge is 2.29. The predicted molar refractivity (Wildman–Crippen MR) is 79.7 cm³/mol. The number of amides is 1. The number of aromatic nitrogens is 1. The smallest absolute Gasteiger partial charge is 0.252 e. The highest BCUT2D eigenvalue weighted by atomic mass is 32.1. The summed E-state index contributed by atoms with van der Waals surface area (Å²) in [7, 11) is 0. The van der Waals surface area contributed by atoms with E-state index in [9.17, 15) is 4.79 Å². The van der Waals surface area contributed by atoms with Gasteiger partial charge in [-0.25, -0.2) is 4.98 Å². The number of rotatable bonds is 4. The van der Waals surface area contributed by atoms with Crippen LogP contribution in [0.1, 0.15) is 16.8 Å². The second-order valence-corrected chi connectivity index (χ2v) is 5.56. The zero-order chi connectivity index (χ0) is 14.5. The van der Waals surface area contributed by atoms with Crippen molar-refractivity contribution in [3.63, 3.8) is 0 Å². The molecule has 3 heterocycles. The van der Waals surface area contributed by atoms with Gasteiger partial charge in [-0.15, -0.1) is 0 Å². The normalized spacial score (nSPS) is 21.7. The first-order valence-electron chi connectivity index (χ1n) is 6.81. The number of pyridine rings is 1. The first kappa shape index (κ1) is 14.0. The molecule has 110 valence electrons. The van der Waals surface area contributed by atoms with Gasteiger partial charge in [0, 0.05) is 29.8 Å². The molecule has 1 aliphatic heterocycles. The largest absolute Gasteiger partial charge is 0.470 e. The molecule has 0 radical (unpaired) electrons. The minimum atomic E-state index is -0.226. The van der Waals surface area contributed by atoms with E-state index in [-0.39, 0.29) is 18.1 Å². The zero-order valence-electron chi connectivity index (χ0n) is 11.4. The van der Waals surface area contributed by atoms with Crippen molar-refractivity contribution in [3.8, 4) is 5.88 Å². The van der Waals surface area contributed by atoms with Crippen LogP contribution in [-0.2, 0) is 4.74 Å². The third-order valence-electron chi connectivity index (χ3n) is 3.31. The van der Waals surface area contributed by atoms with Gasteiger partial charge in [-0.1, -0.05) is 6.07 Å². The van der Waals surface area contributed by atoms with Crippen molar-refractivity contribution in [2.75, 3.05) is 13.2 Å². The minimum absolute atomic E-state index is 0.0715. The van der Waals surface area contributed by atoms with E-state index in [0.717, 1.165) is 6.42 Å². The van der Waals surface area contributed by atoms with Crippen LogP contribution in [-0.4, -0.2) is 36.3 Å². The summed E-state index contributed by atoms with van der Waals surface area (Å²) in [5.41, 5.74) is 0.683. The van der Waals surface area contributed by atoms with Gasteiger partial charge in [0.2, 0.25) is 5.88 Å². The molecule has 0 aromatic carbocycles. The maximum Gasteiger partial charge on any atom is 0.252 e. The van der Waals surface area contributed by atoms with E-state index in [4.69, 9.17) is 9.47 Å². The molecule has 3 rings (SSSR count). The van der Waals surface area contributed by atoms with Gasteiger partial charge in [-0.3, -0.25) is 4.79 Å². The van der Waals surface area contributed by atoms with Gasteiger partial charge in [0.25, 0.3) is 5.91 Å². The van der Waals surface area contributed by atoms with Crippen LogP contribution < -0.4 is 10.1 Å². The van der Waals surface area contributed by atoms with Gasteiger partial charge in [0.1, 0.15) is 6.10 Å². The van der Waals surface area contributed by atoms with E-state index in [2.05, 4.69) is 10.3 Å². The predicted octanol–water partition coefficient (Wildman–Crippen LogP) is 2.11. The van der Waals surface area contributed by atoms with Crippen LogP contribution in [0.15, 0.2) is 41.2 Å². The Balaban J connectivity index is 1.65. The Hall–Kier alpha value is -1.92. The van der Waals surface area contributed by atoms with Gasteiger partial charge < -0.3 is 14.8 Å². The Kier molecular flexibility index (Phi) is 4.47. The molecule has 21 heavy (non-hydrogen) atoms. The number of ether oxygens (including phenoxy) is 2. The number of carbonyl (C=O) groups excluding carboxylic acids is 1. The van der Waals surface area contributed by atoms with E-state index in [1.54, 1.807) is 12.3 Å². The standard InChI is InChI=1S/C15H16N2O3S/c18-15(11-5-8-21-10-11)17-12-4-7-19-9-13(12)20-14-3-1-2-6-16-14/h1-3,5-6,8,10,12-13H,4,7,9H2,(H,17,18)/t12-,13-/m1/s1. The second-order valence-electron chi connectivity index (χ2n) is 4.78. The lowest BCUT2D eigenvalue weighted by Crippen LogP contribution is -2.51. The summed E-state index contributed by atoms with van der Waals surface area (Å²) in [6, 6.07) is 7.24. The molecule has 0 saturated carbocycles. The fraction of sp³-hybridized carbons (Fsp3) is 0.333. The zero-order valence-corrected chi connectivity index (χ0v) is 12.2. The molecule has 5 nitrogen and oxygen atoms in total. The molecule has 2 aromatic heterocycles. The quantitative estimate of drug-likeness (QED) is 0.940. The fourth-order valence-corrected chi connectivity index (χ4v) is 2.85. The fourth-order valence-electron chi connectivity index (χ4n) is 2.21. The third kappa shape index (κ3) is 3.59. The summed E-state index contributed by atoms with van der Waals surface area (Å²) in [6.07, 6.45) is 2.18. The van der Waals surface area contributed by atoms with Crippen LogP contribution in [0.25, 0.3) is 0 Å². The molecule has 1 N–H and O–H groups in total. The number of carbonyl (C=O) groups is 1. The molecule has 0 spiro atoms. The number of hydrogen-bond acceptors (Lipinski definition) is 5. The van der Waals surface area contributed by atoms with Gasteiger partial charge in [0.15, 0.2) is 0 Å². The number of nitrogens with zero attached hydrogens (tertiary/aromatic N) is 1. The van der Waals surface area contributed by atoms with Crippen LogP contribution >= 0.6 is 11.3 Å². The summed E-state index contributed by atoms with van der Waals surface area (Å²) >= 11 is 1.51. The second kappa shape index (κ2) is 6.69. The lowest BCUT2D eigenvalue weighted by molar-refractivity contribution is -0.0152. The molecule has 6 heteroatoms. The minimum Gasteiger partial charge on any atom is -0.470 e. The van der Waals surface area contributed by atoms with Crippen LogP contribution in [0, 0.1) is 0 Å². The van der Waals surface area contributed by atoms with Crippen LogP contribution in [0.4, 0.5) is 0 Å². The molecule has 0 bridgehead atoms. The molecule has 2 atom stereocenters. The van der Waals surface area contributed by atoms with E-state index >= 15 is 0 Å². The van der Waals surface area contributed by atoms with Crippen LogP contribution in [0.2, 0.25) is 0 Å². The SMILES string of the molecule is O=C(N[C@@H]1CCOC[C@H]1Oc1ccccn1)c1ccsc1. The molecule has 1 amide bonds. The Morgan fingerprint density at radius 1 is 1.43 bits per heavy atom. The Morgan fingerprint density at radius 3 is 3.14 bits per heavy atom. The number of thiophene rings is 1. The van der Waals surface area contributed by atoms with E-state index in [1.165, 1.54) is 11.3 Å². The maximum absolute atomic E-state index is 12.2. The van der Waals surface area contributed by atoms with Crippen molar-refractivity contribution in [2.45, 2.75) is 18.6 Å². The van der Waals surface area contributed by atoms with Crippen molar-refractivity contribution in [2.24, 2.45) is 0 Å². The summed E-state index contributed by atoms with van der Waals surface area (Å²) in [6.45, 7) is 1.07. The average Bonchev–Trinajstić information content (AvgIpc) is 3.05. The van der Waals surface area contributed by atoms with Crippen molar-refractivity contribution in [1.82, 2.24) is 10.3 Å². The average molecular weight is 304 g/mol. The molecule has 0 unspecified atom stereocenters.